The highest BCUT2D eigenvalue weighted by atomic mass is 35.5. The molecule has 0 aliphatic heterocycles. The monoisotopic (exact) mass is 509 g/mol. The first-order chi connectivity index (χ1) is 17.5. The van der Waals surface area contributed by atoms with Crippen molar-refractivity contribution < 1.29 is 4.79 Å². The Morgan fingerprint density at radius 1 is 0.944 bits per heavy atom. The lowest BCUT2D eigenvalue weighted by molar-refractivity contribution is -0.120. The van der Waals surface area contributed by atoms with E-state index in [1.165, 1.54) is 0 Å². The van der Waals surface area contributed by atoms with Crippen LogP contribution < -0.4 is 11.1 Å². The zero-order chi connectivity index (χ0) is 25.5. The van der Waals surface area contributed by atoms with Crippen molar-refractivity contribution in [2.75, 3.05) is 5.73 Å². The number of aromatic nitrogens is 1. The summed E-state index contributed by atoms with van der Waals surface area (Å²) >= 11 is 7.16. The van der Waals surface area contributed by atoms with Crippen LogP contribution in [0.5, 0.6) is 0 Å². The molecule has 1 atom stereocenters. The number of hydrogen-bond acceptors (Lipinski definition) is 6. The number of thioether (sulfide) groups is 1. The molecular formula is C28H20ClN5OS. The number of halogens is 1. The number of benzene rings is 3. The fourth-order valence-corrected chi connectivity index (χ4v) is 4.93. The van der Waals surface area contributed by atoms with Gasteiger partial charge in [0.15, 0.2) is 0 Å². The van der Waals surface area contributed by atoms with Gasteiger partial charge >= 0.3 is 0 Å². The largest absolute Gasteiger partial charge is 0.383 e. The fraction of sp³-hybridized carbons (Fsp3) is 0.0714. The fourth-order valence-electron chi connectivity index (χ4n) is 3.68. The molecule has 3 N–H and O–H groups in total. The number of nitrogens with one attached hydrogen (secondary N) is 1. The first kappa shape index (κ1) is 24.8. The Balaban J connectivity index is 1.76. The van der Waals surface area contributed by atoms with Crippen LogP contribution in [0.2, 0.25) is 5.02 Å². The van der Waals surface area contributed by atoms with Gasteiger partial charge in [-0.2, -0.15) is 10.5 Å². The molecular weight excluding hydrogens is 490 g/mol. The van der Waals surface area contributed by atoms with Crippen LogP contribution in [0.15, 0.2) is 90.0 Å². The number of carbonyl (C=O) groups is 1. The zero-order valence-electron chi connectivity index (χ0n) is 19.0. The van der Waals surface area contributed by atoms with Crippen molar-refractivity contribution in [3.8, 4) is 23.3 Å². The third kappa shape index (κ3) is 5.50. The minimum atomic E-state index is -0.708. The second-order valence-corrected chi connectivity index (χ2v) is 9.30. The first-order valence-corrected chi connectivity index (χ1v) is 12.2. The van der Waals surface area contributed by atoms with E-state index in [2.05, 4.69) is 22.4 Å². The summed E-state index contributed by atoms with van der Waals surface area (Å²) in [6.07, 6.45) is 0. The highest BCUT2D eigenvalue weighted by Crippen LogP contribution is 2.41. The number of rotatable bonds is 7. The predicted molar refractivity (Wildman–Crippen MR) is 142 cm³/mol. The Labute approximate surface area is 218 Å². The number of pyridine rings is 1. The maximum atomic E-state index is 13.4. The van der Waals surface area contributed by atoms with Gasteiger partial charge in [0.2, 0.25) is 5.91 Å². The standard InChI is InChI=1S/C28H20ClN5OS/c29-21-13-11-19(12-14-21)24-22(15-30)26(32)34-28(23(24)16-31)36-25(20-9-5-2-6-10-20)27(35)33-17-18-7-3-1-4-8-18/h1-14,25H,17H2,(H2,32,34)(H,33,35). The van der Waals surface area contributed by atoms with Crippen LogP contribution >= 0.6 is 23.4 Å². The summed E-state index contributed by atoms with van der Waals surface area (Å²) < 4.78 is 0. The normalized spacial score (nSPS) is 11.2. The van der Waals surface area contributed by atoms with Gasteiger partial charge in [-0.15, -0.1) is 0 Å². The number of hydrogen-bond donors (Lipinski definition) is 2. The van der Waals surface area contributed by atoms with Gasteiger partial charge in [0.1, 0.15) is 33.8 Å². The SMILES string of the molecule is N#Cc1c(N)nc(SC(C(=O)NCc2ccccc2)c2ccccc2)c(C#N)c1-c1ccc(Cl)cc1. The number of nitrogen functional groups attached to an aromatic ring is 1. The Hall–Kier alpha value is -4.30. The van der Waals surface area contributed by atoms with Gasteiger partial charge in [-0.3, -0.25) is 4.79 Å². The van der Waals surface area contributed by atoms with Crippen LogP contribution in [-0.2, 0) is 11.3 Å². The molecule has 4 rings (SSSR count). The van der Waals surface area contributed by atoms with Crippen LogP contribution in [0.4, 0.5) is 5.82 Å². The molecule has 6 nitrogen and oxygen atoms in total. The minimum absolute atomic E-state index is 0.0135. The van der Waals surface area contributed by atoms with Crippen LogP contribution in [-0.4, -0.2) is 10.9 Å². The van der Waals surface area contributed by atoms with Crippen LogP contribution in [0.25, 0.3) is 11.1 Å². The van der Waals surface area contributed by atoms with E-state index in [0.29, 0.717) is 22.7 Å². The molecule has 0 bridgehead atoms. The molecule has 0 aliphatic carbocycles. The van der Waals surface area contributed by atoms with E-state index in [-0.39, 0.29) is 27.9 Å². The van der Waals surface area contributed by atoms with Gasteiger partial charge in [-0.1, -0.05) is 96.2 Å². The van der Waals surface area contributed by atoms with Gasteiger partial charge in [0.25, 0.3) is 0 Å². The number of nitrogens with two attached hydrogens (primary N) is 1. The summed E-state index contributed by atoms with van der Waals surface area (Å²) in [4.78, 5) is 17.8. The summed E-state index contributed by atoms with van der Waals surface area (Å²) in [5.41, 5.74) is 9.11. The van der Waals surface area contributed by atoms with Gasteiger partial charge in [-0.25, -0.2) is 4.98 Å². The third-order valence-electron chi connectivity index (χ3n) is 5.43. The molecule has 0 aliphatic rings. The highest BCUT2D eigenvalue weighted by molar-refractivity contribution is 8.00. The van der Waals surface area contributed by atoms with Gasteiger partial charge < -0.3 is 11.1 Å². The van der Waals surface area contributed by atoms with E-state index in [9.17, 15) is 15.3 Å². The minimum Gasteiger partial charge on any atom is -0.383 e. The van der Waals surface area contributed by atoms with Crippen LogP contribution in [0.1, 0.15) is 27.5 Å². The van der Waals surface area contributed by atoms with E-state index in [1.54, 1.807) is 24.3 Å². The maximum absolute atomic E-state index is 13.4. The summed E-state index contributed by atoms with van der Waals surface area (Å²) in [6.45, 7) is 0.355. The predicted octanol–water partition coefficient (Wildman–Crippen LogP) is 5.88. The lowest BCUT2D eigenvalue weighted by Crippen LogP contribution is -2.27. The molecule has 8 heteroatoms. The second kappa shape index (κ2) is 11.4. The van der Waals surface area contributed by atoms with Crippen LogP contribution in [0, 0.1) is 22.7 Å². The Kier molecular flexibility index (Phi) is 7.87. The van der Waals surface area contributed by atoms with Crippen molar-refractivity contribution >= 4 is 35.1 Å². The molecule has 3 aromatic carbocycles. The topological polar surface area (TPSA) is 116 Å². The molecule has 176 valence electrons. The Morgan fingerprint density at radius 3 is 2.17 bits per heavy atom. The van der Waals surface area contributed by atoms with Gasteiger partial charge in [0, 0.05) is 17.1 Å². The molecule has 0 radical (unpaired) electrons. The molecule has 0 saturated heterocycles. The van der Waals surface area contributed by atoms with E-state index >= 15 is 0 Å². The summed E-state index contributed by atoms with van der Waals surface area (Å²) in [5, 5.41) is 23.0. The molecule has 1 aromatic heterocycles. The molecule has 0 saturated carbocycles. The number of anilines is 1. The van der Waals surface area contributed by atoms with Crippen molar-refractivity contribution in [3.63, 3.8) is 0 Å². The smallest absolute Gasteiger partial charge is 0.238 e. The van der Waals surface area contributed by atoms with Crippen molar-refractivity contribution in [2.45, 2.75) is 16.8 Å². The van der Waals surface area contributed by atoms with E-state index in [1.807, 2.05) is 60.7 Å². The molecule has 36 heavy (non-hydrogen) atoms. The van der Waals surface area contributed by atoms with Crippen molar-refractivity contribution in [1.82, 2.24) is 10.3 Å². The highest BCUT2D eigenvalue weighted by Gasteiger charge is 2.27. The van der Waals surface area contributed by atoms with E-state index in [0.717, 1.165) is 22.9 Å². The lowest BCUT2D eigenvalue weighted by atomic mass is 9.97. The lowest BCUT2D eigenvalue weighted by Gasteiger charge is -2.19. The van der Waals surface area contributed by atoms with Crippen LogP contribution in [0.3, 0.4) is 0 Å². The van der Waals surface area contributed by atoms with Crippen molar-refractivity contribution in [3.05, 3.63) is 112 Å². The summed E-state index contributed by atoms with van der Waals surface area (Å²) in [7, 11) is 0. The average Bonchev–Trinajstić information content (AvgIpc) is 2.91. The van der Waals surface area contributed by atoms with E-state index < -0.39 is 5.25 Å². The molecule has 4 aromatic rings. The average molecular weight is 510 g/mol. The van der Waals surface area contributed by atoms with Crippen molar-refractivity contribution in [2.24, 2.45) is 0 Å². The third-order valence-corrected chi connectivity index (χ3v) is 6.92. The zero-order valence-corrected chi connectivity index (χ0v) is 20.6. The maximum Gasteiger partial charge on any atom is 0.238 e. The quantitative estimate of drug-likeness (QED) is 0.301. The molecule has 1 amide bonds. The Bertz CT molecular complexity index is 1460. The molecule has 0 spiro atoms. The number of carbonyl (C=O) groups excluding carboxylic acids is 1. The Morgan fingerprint density at radius 2 is 1.56 bits per heavy atom. The molecule has 1 unspecified atom stereocenters. The summed E-state index contributed by atoms with van der Waals surface area (Å²) in [6, 6.07) is 29.9. The molecule has 0 fully saturated rings. The second-order valence-electron chi connectivity index (χ2n) is 7.77. The van der Waals surface area contributed by atoms with Crippen molar-refractivity contribution in [1.29, 1.82) is 10.5 Å². The van der Waals surface area contributed by atoms with Gasteiger partial charge in [-0.05, 0) is 28.8 Å². The first-order valence-electron chi connectivity index (χ1n) is 10.9. The summed E-state index contributed by atoms with van der Waals surface area (Å²) in [5.74, 6) is -0.253. The molecule has 1 heterocycles. The number of nitriles is 2. The van der Waals surface area contributed by atoms with Gasteiger partial charge in [0.05, 0.1) is 5.56 Å². The number of amides is 1. The number of nitrogens with zero attached hydrogens (tertiary/aromatic N) is 3. The van der Waals surface area contributed by atoms with E-state index in [4.69, 9.17) is 17.3 Å².